The van der Waals surface area contributed by atoms with E-state index >= 15 is 0 Å². The largest absolute Gasteiger partial charge is 0.421 e. The molecule has 0 heterocycles. The fourth-order valence-corrected chi connectivity index (χ4v) is 2.76. The van der Waals surface area contributed by atoms with E-state index < -0.39 is 5.97 Å². The van der Waals surface area contributed by atoms with Gasteiger partial charge in [-0.1, -0.05) is 52.5 Å². The molecule has 0 aliphatic carbocycles. The molecule has 0 spiro atoms. The van der Waals surface area contributed by atoms with E-state index in [1.54, 1.807) is 38.1 Å². The van der Waals surface area contributed by atoms with Crippen LogP contribution in [-0.4, -0.2) is 5.97 Å². The zero-order chi connectivity index (χ0) is 15.7. The van der Waals surface area contributed by atoms with Gasteiger partial charge in [-0.25, -0.2) is 4.79 Å². The summed E-state index contributed by atoms with van der Waals surface area (Å²) in [5.74, 6) is -0.453. The number of hydrogen-bond donors (Lipinski definition) is 0. The lowest BCUT2D eigenvalue weighted by Gasteiger charge is -2.12. The van der Waals surface area contributed by atoms with Gasteiger partial charge in [-0.15, -0.1) is 0 Å². The Kier molecular flexibility index (Phi) is 5.05. The third kappa shape index (κ3) is 3.29. The Bertz CT molecular complexity index is 706. The van der Waals surface area contributed by atoms with E-state index in [1.807, 2.05) is 0 Å². The average Bonchev–Trinajstić information content (AvgIpc) is 2.42. The predicted octanol–water partition coefficient (Wildman–Crippen LogP) is 6.14. The molecule has 0 fully saturated rings. The lowest BCUT2D eigenvalue weighted by Crippen LogP contribution is -2.10. The Labute approximate surface area is 142 Å². The fraction of sp³-hybridized carbons (Fsp3) is 0.133. The molecule has 0 saturated carbocycles. The number of aryl methyl sites for hydroxylation is 1. The highest BCUT2D eigenvalue weighted by Crippen LogP contribution is 2.36. The molecule has 0 unspecified atom stereocenters. The van der Waals surface area contributed by atoms with Gasteiger partial charge in [-0.2, -0.15) is 0 Å². The van der Waals surface area contributed by atoms with Gasteiger partial charge in [-0.3, -0.25) is 0 Å². The van der Waals surface area contributed by atoms with Crippen LogP contribution in [0.25, 0.3) is 0 Å². The summed E-state index contributed by atoms with van der Waals surface area (Å²) in [6.07, 6.45) is 0. The fourth-order valence-electron chi connectivity index (χ4n) is 1.82. The highest BCUT2D eigenvalue weighted by molar-refractivity contribution is 6.40. The second kappa shape index (κ2) is 6.45. The van der Waals surface area contributed by atoms with Crippen LogP contribution in [0.5, 0.6) is 5.75 Å². The van der Waals surface area contributed by atoms with Crippen LogP contribution in [0.3, 0.4) is 0 Å². The van der Waals surface area contributed by atoms with Crippen LogP contribution in [-0.2, 0) is 0 Å². The molecule has 6 heteroatoms. The van der Waals surface area contributed by atoms with Crippen molar-refractivity contribution < 1.29 is 9.53 Å². The summed E-state index contributed by atoms with van der Waals surface area (Å²) in [5, 5.41) is 1.25. The van der Waals surface area contributed by atoms with Gasteiger partial charge in [0.15, 0.2) is 0 Å². The Morgan fingerprint density at radius 3 is 2.14 bits per heavy atom. The standard InChI is InChI=1S/C15H10Cl4O2/c1-7-6-11(14(19)8(2)13(7)18)21-15(20)12-9(16)4-3-5-10(12)17/h3-6H,1-2H3. The summed E-state index contributed by atoms with van der Waals surface area (Å²) >= 11 is 24.2. The Morgan fingerprint density at radius 2 is 1.57 bits per heavy atom. The zero-order valence-electron chi connectivity index (χ0n) is 11.1. The molecular weight excluding hydrogens is 354 g/mol. The molecule has 110 valence electrons. The van der Waals surface area contributed by atoms with Crippen molar-refractivity contribution in [1.82, 2.24) is 0 Å². The van der Waals surface area contributed by atoms with Crippen molar-refractivity contribution in [2.75, 3.05) is 0 Å². The highest BCUT2D eigenvalue weighted by Gasteiger charge is 2.20. The molecule has 2 aromatic carbocycles. The van der Waals surface area contributed by atoms with Crippen molar-refractivity contribution in [2.24, 2.45) is 0 Å². The number of halogens is 4. The molecule has 0 amide bonds. The molecule has 0 saturated heterocycles. The van der Waals surface area contributed by atoms with Gasteiger partial charge in [0, 0.05) is 5.02 Å². The first kappa shape index (κ1) is 16.4. The summed E-state index contributed by atoms with van der Waals surface area (Å²) < 4.78 is 5.31. The Balaban J connectivity index is 2.41. The predicted molar refractivity (Wildman–Crippen MR) is 87.4 cm³/mol. The van der Waals surface area contributed by atoms with Crippen molar-refractivity contribution in [2.45, 2.75) is 13.8 Å². The molecule has 2 rings (SSSR count). The van der Waals surface area contributed by atoms with Crippen molar-refractivity contribution in [3.05, 3.63) is 61.0 Å². The van der Waals surface area contributed by atoms with Crippen LogP contribution in [0.1, 0.15) is 21.5 Å². The SMILES string of the molecule is Cc1cc(OC(=O)c2c(Cl)cccc2Cl)c(Cl)c(C)c1Cl. The quantitative estimate of drug-likeness (QED) is 0.473. The number of benzene rings is 2. The minimum atomic E-state index is -0.673. The first-order valence-electron chi connectivity index (χ1n) is 5.94. The van der Waals surface area contributed by atoms with E-state index in [4.69, 9.17) is 51.1 Å². The van der Waals surface area contributed by atoms with Crippen LogP contribution in [0, 0.1) is 13.8 Å². The lowest BCUT2D eigenvalue weighted by molar-refractivity contribution is 0.0735. The first-order valence-corrected chi connectivity index (χ1v) is 7.45. The molecular formula is C15H10Cl4O2. The number of hydrogen-bond acceptors (Lipinski definition) is 2. The second-order valence-electron chi connectivity index (χ2n) is 4.43. The maximum atomic E-state index is 12.2. The molecule has 0 aliphatic rings. The van der Waals surface area contributed by atoms with Crippen molar-refractivity contribution >= 4 is 52.4 Å². The van der Waals surface area contributed by atoms with Crippen molar-refractivity contribution in [3.8, 4) is 5.75 Å². The van der Waals surface area contributed by atoms with Gasteiger partial charge >= 0.3 is 5.97 Å². The van der Waals surface area contributed by atoms with E-state index in [9.17, 15) is 4.79 Å². The maximum absolute atomic E-state index is 12.2. The van der Waals surface area contributed by atoms with Gasteiger partial charge in [-0.05, 0) is 43.2 Å². The van der Waals surface area contributed by atoms with E-state index in [-0.39, 0.29) is 26.4 Å². The van der Waals surface area contributed by atoms with Crippen LogP contribution in [0.4, 0.5) is 0 Å². The van der Waals surface area contributed by atoms with Crippen LogP contribution < -0.4 is 4.74 Å². The highest BCUT2D eigenvalue weighted by atomic mass is 35.5. The number of esters is 1. The van der Waals surface area contributed by atoms with Gasteiger partial charge in [0.05, 0.1) is 20.6 Å². The maximum Gasteiger partial charge on any atom is 0.346 e. The number of carbonyl (C=O) groups is 1. The smallest absolute Gasteiger partial charge is 0.346 e. The summed E-state index contributed by atoms with van der Waals surface area (Å²) in [6, 6.07) is 6.36. The van der Waals surface area contributed by atoms with E-state index in [2.05, 4.69) is 0 Å². The van der Waals surface area contributed by atoms with Crippen LogP contribution in [0.2, 0.25) is 20.1 Å². The monoisotopic (exact) mass is 362 g/mol. The summed E-state index contributed by atoms with van der Waals surface area (Å²) in [6.45, 7) is 3.54. The Morgan fingerprint density at radius 1 is 1.00 bits per heavy atom. The molecule has 2 aromatic rings. The van der Waals surface area contributed by atoms with Crippen LogP contribution in [0.15, 0.2) is 24.3 Å². The minimum absolute atomic E-state index is 0.0992. The molecule has 2 nitrogen and oxygen atoms in total. The van der Waals surface area contributed by atoms with Gasteiger partial charge in [0.2, 0.25) is 0 Å². The summed E-state index contributed by atoms with van der Waals surface area (Å²) in [4.78, 5) is 12.2. The molecule has 0 radical (unpaired) electrons. The minimum Gasteiger partial charge on any atom is -0.421 e. The summed E-state index contributed by atoms with van der Waals surface area (Å²) in [5.41, 5.74) is 1.50. The van der Waals surface area contributed by atoms with E-state index in [0.29, 0.717) is 10.6 Å². The van der Waals surface area contributed by atoms with Crippen LogP contribution >= 0.6 is 46.4 Å². The van der Waals surface area contributed by atoms with E-state index in [0.717, 1.165) is 5.56 Å². The topological polar surface area (TPSA) is 26.3 Å². The lowest BCUT2D eigenvalue weighted by atomic mass is 10.1. The Hall–Kier alpha value is -0.930. The van der Waals surface area contributed by atoms with Crippen molar-refractivity contribution in [1.29, 1.82) is 0 Å². The third-order valence-electron chi connectivity index (χ3n) is 2.94. The van der Waals surface area contributed by atoms with Crippen molar-refractivity contribution in [3.63, 3.8) is 0 Å². The molecule has 0 bridgehead atoms. The van der Waals surface area contributed by atoms with Gasteiger partial charge in [0.1, 0.15) is 5.75 Å². The summed E-state index contributed by atoms with van der Waals surface area (Å²) in [7, 11) is 0. The third-order valence-corrected chi connectivity index (χ3v) is 4.62. The van der Waals surface area contributed by atoms with Gasteiger partial charge in [0.25, 0.3) is 0 Å². The molecule has 0 aliphatic heterocycles. The number of ether oxygens (including phenoxy) is 1. The first-order chi connectivity index (χ1) is 9.82. The average molecular weight is 364 g/mol. The molecule has 0 N–H and O–H groups in total. The normalized spacial score (nSPS) is 10.6. The molecule has 0 aromatic heterocycles. The van der Waals surface area contributed by atoms with Gasteiger partial charge < -0.3 is 4.74 Å². The van der Waals surface area contributed by atoms with E-state index in [1.165, 1.54) is 0 Å². The zero-order valence-corrected chi connectivity index (χ0v) is 14.2. The number of rotatable bonds is 2. The molecule has 21 heavy (non-hydrogen) atoms. The molecule has 0 atom stereocenters. The number of carbonyl (C=O) groups excluding carboxylic acids is 1. The second-order valence-corrected chi connectivity index (χ2v) is 6.00.